The van der Waals surface area contributed by atoms with Crippen LogP contribution in [0.2, 0.25) is 0 Å². The maximum absolute atomic E-state index is 11.7. The summed E-state index contributed by atoms with van der Waals surface area (Å²) in [7, 11) is 1.38. The number of hydrogen-bond acceptors (Lipinski definition) is 4. The van der Waals surface area contributed by atoms with Gasteiger partial charge in [-0.15, -0.1) is 0 Å². The molecule has 4 nitrogen and oxygen atoms in total. The molecule has 0 heterocycles. The van der Waals surface area contributed by atoms with Crippen LogP contribution in [0, 0.1) is 18.3 Å². The fourth-order valence-corrected chi connectivity index (χ4v) is 3.86. The van der Waals surface area contributed by atoms with Crippen molar-refractivity contribution in [1.29, 1.82) is 0 Å². The lowest BCUT2D eigenvalue weighted by Crippen LogP contribution is -2.35. The molecule has 0 bridgehead atoms. The fraction of sp³-hybridized carbons (Fsp3) is 0.611. The molecule has 1 fully saturated rings. The van der Waals surface area contributed by atoms with Crippen molar-refractivity contribution in [3.05, 3.63) is 23.3 Å². The Morgan fingerprint density at radius 3 is 2.64 bits per heavy atom. The van der Waals surface area contributed by atoms with E-state index >= 15 is 0 Å². The number of esters is 1. The van der Waals surface area contributed by atoms with E-state index in [1.807, 2.05) is 13.0 Å². The van der Waals surface area contributed by atoms with E-state index in [0.717, 1.165) is 24.1 Å². The second-order valence-corrected chi connectivity index (χ2v) is 7.50. The summed E-state index contributed by atoms with van der Waals surface area (Å²) in [4.78, 5) is 11.7. The van der Waals surface area contributed by atoms with Crippen LogP contribution in [0.3, 0.4) is 0 Å². The molecule has 0 amide bonds. The van der Waals surface area contributed by atoms with Gasteiger partial charge < -0.3 is 15.8 Å². The SMILES string of the molecule is COC(=O)c1cc(N)c(NC2CC(C)CC(C)(C)C2)cc1C. The van der Waals surface area contributed by atoms with Gasteiger partial charge in [0, 0.05) is 6.04 Å². The zero-order valence-electron chi connectivity index (χ0n) is 14.3. The molecule has 0 aliphatic heterocycles. The van der Waals surface area contributed by atoms with Gasteiger partial charge >= 0.3 is 5.97 Å². The molecule has 0 saturated heterocycles. The molecule has 22 heavy (non-hydrogen) atoms. The minimum absolute atomic E-state index is 0.344. The molecule has 2 atom stereocenters. The van der Waals surface area contributed by atoms with E-state index in [4.69, 9.17) is 10.5 Å². The van der Waals surface area contributed by atoms with Gasteiger partial charge in [-0.3, -0.25) is 0 Å². The number of nitrogens with one attached hydrogen (secondary N) is 1. The molecule has 4 heteroatoms. The second kappa shape index (κ2) is 6.19. The molecular formula is C18H28N2O2. The highest BCUT2D eigenvalue weighted by molar-refractivity contribution is 5.93. The molecule has 1 saturated carbocycles. The lowest BCUT2D eigenvalue weighted by molar-refractivity contribution is 0.0600. The highest BCUT2D eigenvalue weighted by Crippen LogP contribution is 2.40. The van der Waals surface area contributed by atoms with Gasteiger partial charge in [0.2, 0.25) is 0 Å². The third kappa shape index (κ3) is 3.73. The van der Waals surface area contributed by atoms with Gasteiger partial charge in [-0.1, -0.05) is 20.8 Å². The molecule has 122 valence electrons. The van der Waals surface area contributed by atoms with Crippen molar-refractivity contribution in [3.63, 3.8) is 0 Å². The number of ether oxygens (including phenoxy) is 1. The predicted molar refractivity (Wildman–Crippen MR) is 91.1 cm³/mol. The number of methoxy groups -OCH3 is 1. The Balaban J connectivity index is 2.20. The Morgan fingerprint density at radius 1 is 1.36 bits per heavy atom. The smallest absolute Gasteiger partial charge is 0.338 e. The van der Waals surface area contributed by atoms with Gasteiger partial charge in [0.25, 0.3) is 0 Å². The number of nitrogens with two attached hydrogens (primary N) is 1. The molecule has 2 unspecified atom stereocenters. The summed E-state index contributed by atoms with van der Waals surface area (Å²) in [6.45, 7) is 8.87. The molecule has 0 radical (unpaired) electrons. The van der Waals surface area contributed by atoms with Crippen LogP contribution >= 0.6 is 0 Å². The van der Waals surface area contributed by atoms with E-state index in [1.165, 1.54) is 13.5 Å². The van der Waals surface area contributed by atoms with Crippen LogP contribution in [0.1, 0.15) is 56.0 Å². The van der Waals surface area contributed by atoms with Crippen LogP contribution in [-0.4, -0.2) is 19.1 Å². The zero-order chi connectivity index (χ0) is 16.5. The quantitative estimate of drug-likeness (QED) is 0.654. The third-order valence-electron chi connectivity index (χ3n) is 4.55. The first kappa shape index (κ1) is 16.7. The average molecular weight is 304 g/mol. The molecular weight excluding hydrogens is 276 g/mol. The molecule has 2 rings (SSSR count). The minimum atomic E-state index is -0.344. The van der Waals surface area contributed by atoms with E-state index in [1.54, 1.807) is 6.07 Å². The summed E-state index contributed by atoms with van der Waals surface area (Å²) in [5, 5.41) is 3.58. The summed E-state index contributed by atoms with van der Waals surface area (Å²) in [6.07, 6.45) is 3.55. The van der Waals surface area contributed by atoms with Gasteiger partial charge in [-0.2, -0.15) is 0 Å². The number of anilines is 2. The van der Waals surface area contributed by atoms with Crippen LogP contribution in [0.25, 0.3) is 0 Å². The second-order valence-electron chi connectivity index (χ2n) is 7.50. The Morgan fingerprint density at radius 2 is 2.05 bits per heavy atom. The largest absolute Gasteiger partial charge is 0.465 e. The van der Waals surface area contributed by atoms with Crippen molar-refractivity contribution in [2.24, 2.45) is 11.3 Å². The maximum Gasteiger partial charge on any atom is 0.338 e. The fourth-order valence-electron chi connectivity index (χ4n) is 3.86. The maximum atomic E-state index is 11.7. The Bertz CT molecular complexity index is 566. The molecule has 0 spiro atoms. The summed E-state index contributed by atoms with van der Waals surface area (Å²) in [5.41, 5.74) is 9.41. The van der Waals surface area contributed by atoms with E-state index in [2.05, 4.69) is 26.1 Å². The average Bonchev–Trinajstić information content (AvgIpc) is 2.39. The van der Waals surface area contributed by atoms with Gasteiger partial charge in [0.1, 0.15) is 0 Å². The third-order valence-corrected chi connectivity index (χ3v) is 4.55. The Hall–Kier alpha value is -1.71. The number of rotatable bonds is 3. The number of carbonyl (C=O) groups excluding carboxylic acids is 1. The van der Waals surface area contributed by atoms with Crippen molar-refractivity contribution < 1.29 is 9.53 Å². The Labute approximate surface area is 133 Å². The van der Waals surface area contributed by atoms with Gasteiger partial charge in [0.15, 0.2) is 0 Å². The first-order valence-corrected chi connectivity index (χ1v) is 7.97. The molecule has 0 aromatic heterocycles. The van der Waals surface area contributed by atoms with E-state index < -0.39 is 0 Å². The summed E-state index contributed by atoms with van der Waals surface area (Å²) < 4.78 is 4.79. The van der Waals surface area contributed by atoms with Crippen LogP contribution in [0.4, 0.5) is 11.4 Å². The van der Waals surface area contributed by atoms with Crippen molar-refractivity contribution in [3.8, 4) is 0 Å². The number of hydrogen-bond donors (Lipinski definition) is 2. The number of nitrogen functional groups attached to an aromatic ring is 1. The van der Waals surface area contributed by atoms with E-state index in [-0.39, 0.29) is 5.97 Å². The Kier molecular flexibility index (Phi) is 4.69. The van der Waals surface area contributed by atoms with Crippen molar-refractivity contribution in [1.82, 2.24) is 0 Å². The standard InChI is InChI=1S/C18H28N2O2/c1-11-6-13(10-18(3,4)9-11)20-16-7-12(2)14(8-15(16)19)17(21)22-5/h7-8,11,13,20H,6,9-10,19H2,1-5H3. The van der Waals surface area contributed by atoms with Gasteiger partial charge in [-0.05, 0) is 55.2 Å². The summed E-state index contributed by atoms with van der Waals surface area (Å²) >= 11 is 0. The molecule has 1 aromatic rings. The van der Waals surface area contributed by atoms with Crippen molar-refractivity contribution in [2.75, 3.05) is 18.2 Å². The molecule has 1 aromatic carbocycles. The topological polar surface area (TPSA) is 64.3 Å². The van der Waals surface area contributed by atoms with E-state index in [0.29, 0.717) is 28.6 Å². The first-order chi connectivity index (χ1) is 10.2. The summed E-state index contributed by atoms with van der Waals surface area (Å²) in [5.74, 6) is 0.362. The number of carbonyl (C=O) groups is 1. The number of aryl methyl sites for hydroxylation is 1. The van der Waals surface area contributed by atoms with Gasteiger partial charge in [0.05, 0.1) is 24.0 Å². The zero-order valence-corrected chi connectivity index (χ0v) is 14.3. The van der Waals surface area contributed by atoms with Crippen LogP contribution < -0.4 is 11.1 Å². The molecule has 3 N–H and O–H groups in total. The van der Waals surface area contributed by atoms with E-state index in [9.17, 15) is 4.79 Å². The molecule has 1 aliphatic carbocycles. The van der Waals surface area contributed by atoms with Crippen LogP contribution in [-0.2, 0) is 4.74 Å². The van der Waals surface area contributed by atoms with Crippen LogP contribution in [0.5, 0.6) is 0 Å². The molecule has 1 aliphatic rings. The van der Waals surface area contributed by atoms with Crippen molar-refractivity contribution >= 4 is 17.3 Å². The normalized spacial score (nSPS) is 23.9. The number of benzene rings is 1. The highest BCUT2D eigenvalue weighted by Gasteiger charge is 2.32. The minimum Gasteiger partial charge on any atom is -0.465 e. The van der Waals surface area contributed by atoms with Crippen molar-refractivity contribution in [2.45, 2.75) is 53.0 Å². The summed E-state index contributed by atoms with van der Waals surface area (Å²) in [6, 6.07) is 4.08. The first-order valence-electron chi connectivity index (χ1n) is 7.97. The highest BCUT2D eigenvalue weighted by atomic mass is 16.5. The van der Waals surface area contributed by atoms with Crippen LogP contribution in [0.15, 0.2) is 12.1 Å². The lowest BCUT2D eigenvalue weighted by atomic mass is 9.70. The monoisotopic (exact) mass is 304 g/mol. The predicted octanol–water partition coefficient (Wildman–Crippen LogP) is 3.99. The van der Waals surface area contributed by atoms with Gasteiger partial charge in [-0.25, -0.2) is 4.79 Å². The lowest BCUT2D eigenvalue weighted by Gasteiger charge is -2.39.